The fourth-order valence-corrected chi connectivity index (χ4v) is 0.955. The van der Waals surface area contributed by atoms with E-state index in [-0.39, 0.29) is 5.78 Å². The van der Waals surface area contributed by atoms with Crippen molar-refractivity contribution in [1.82, 2.24) is 4.98 Å². The van der Waals surface area contributed by atoms with Gasteiger partial charge in [-0.15, -0.1) is 12.3 Å². The van der Waals surface area contributed by atoms with E-state index in [9.17, 15) is 4.79 Å². The van der Waals surface area contributed by atoms with Crippen molar-refractivity contribution in [3.8, 4) is 12.3 Å². The van der Waals surface area contributed by atoms with Gasteiger partial charge in [0.1, 0.15) is 5.69 Å². The van der Waals surface area contributed by atoms with E-state index in [2.05, 4.69) is 10.9 Å². The minimum absolute atomic E-state index is 0.101. The van der Waals surface area contributed by atoms with Crippen LogP contribution >= 0.6 is 0 Å². The third kappa shape index (κ3) is 2.31. The molecule has 0 saturated heterocycles. The van der Waals surface area contributed by atoms with Crippen LogP contribution in [0.1, 0.15) is 23.3 Å². The summed E-state index contributed by atoms with van der Waals surface area (Å²) in [6.45, 7) is 0. The molecule has 0 fully saturated rings. The van der Waals surface area contributed by atoms with Crippen LogP contribution in [-0.2, 0) is 0 Å². The summed E-state index contributed by atoms with van der Waals surface area (Å²) in [6, 6.07) is 3.34. The van der Waals surface area contributed by atoms with Crippen molar-refractivity contribution in [1.29, 1.82) is 0 Å². The number of Topliss-reactive ketones (excluding diaryl/α,β-unsaturated/α-hetero) is 1. The number of hydrogen-bond donors (Lipinski definition) is 1. The maximum atomic E-state index is 11.4. The summed E-state index contributed by atoms with van der Waals surface area (Å²) < 4.78 is 0. The zero-order valence-electron chi connectivity index (χ0n) is 7.16. The van der Waals surface area contributed by atoms with Gasteiger partial charge < -0.3 is 5.73 Å². The highest BCUT2D eigenvalue weighted by molar-refractivity contribution is 5.98. The molecule has 0 aliphatic carbocycles. The molecule has 0 atom stereocenters. The molecule has 13 heavy (non-hydrogen) atoms. The topological polar surface area (TPSA) is 56.0 Å². The van der Waals surface area contributed by atoms with Crippen LogP contribution in [-0.4, -0.2) is 10.8 Å². The Hall–Kier alpha value is -1.82. The SMILES string of the molecule is C#CCCC(=O)c1ncccc1N. The van der Waals surface area contributed by atoms with Crippen molar-refractivity contribution in [2.45, 2.75) is 12.8 Å². The van der Waals surface area contributed by atoms with E-state index >= 15 is 0 Å². The van der Waals surface area contributed by atoms with Gasteiger partial charge in [-0.2, -0.15) is 0 Å². The number of aromatic nitrogens is 1. The molecule has 1 aromatic heterocycles. The monoisotopic (exact) mass is 174 g/mol. The number of terminal acetylenes is 1. The molecule has 3 nitrogen and oxygen atoms in total. The number of anilines is 1. The molecular formula is C10H10N2O. The third-order valence-electron chi connectivity index (χ3n) is 1.60. The summed E-state index contributed by atoms with van der Waals surface area (Å²) in [5.74, 6) is 2.30. The predicted octanol–water partition coefficient (Wildman–Crippen LogP) is 1.26. The van der Waals surface area contributed by atoms with Gasteiger partial charge in [0.15, 0.2) is 5.78 Å². The van der Waals surface area contributed by atoms with Crippen molar-refractivity contribution in [3.63, 3.8) is 0 Å². The first-order valence-electron chi connectivity index (χ1n) is 3.93. The molecule has 0 amide bonds. The number of nitrogens with zero attached hydrogens (tertiary/aromatic N) is 1. The minimum Gasteiger partial charge on any atom is -0.397 e. The van der Waals surface area contributed by atoms with Gasteiger partial charge in [0, 0.05) is 19.0 Å². The molecule has 1 aromatic rings. The standard InChI is InChI=1S/C10H10N2O/c1-2-3-6-9(13)10-8(11)5-4-7-12-10/h1,4-5,7H,3,6,11H2. The van der Waals surface area contributed by atoms with Crippen molar-refractivity contribution in [2.24, 2.45) is 0 Å². The molecular weight excluding hydrogens is 164 g/mol. The Morgan fingerprint density at radius 3 is 3.08 bits per heavy atom. The van der Waals surface area contributed by atoms with E-state index < -0.39 is 0 Å². The van der Waals surface area contributed by atoms with Crippen LogP contribution in [0.5, 0.6) is 0 Å². The van der Waals surface area contributed by atoms with Crippen LogP contribution in [0.3, 0.4) is 0 Å². The van der Waals surface area contributed by atoms with Crippen LogP contribution in [0.15, 0.2) is 18.3 Å². The molecule has 0 aromatic carbocycles. The molecule has 0 bridgehead atoms. The van der Waals surface area contributed by atoms with Gasteiger partial charge in [0.2, 0.25) is 0 Å². The summed E-state index contributed by atoms with van der Waals surface area (Å²) in [7, 11) is 0. The highest BCUT2D eigenvalue weighted by atomic mass is 16.1. The second-order valence-electron chi connectivity index (χ2n) is 2.57. The average molecular weight is 174 g/mol. The van der Waals surface area contributed by atoms with Gasteiger partial charge >= 0.3 is 0 Å². The predicted molar refractivity (Wildman–Crippen MR) is 51.0 cm³/mol. The lowest BCUT2D eigenvalue weighted by Gasteiger charge is -2.00. The first kappa shape index (κ1) is 9.27. The molecule has 1 heterocycles. The van der Waals surface area contributed by atoms with Crippen LogP contribution < -0.4 is 5.73 Å². The summed E-state index contributed by atoms with van der Waals surface area (Å²) in [4.78, 5) is 15.3. The Labute approximate surface area is 77.0 Å². The summed E-state index contributed by atoms with van der Waals surface area (Å²) in [6.07, 6.45) is 7.31. The van der Waals surface area contributed by atoms with Crippen molar-refractivity contribution >= 4 is 11.5 Å². The highest BCUT2D eigenvalue weighted by Gasteiger charge is 2.08. The second-order valence-corrected chi connectivity index (χ2v) is 2.57. The third-order valence-corrected chi connectivity index (χ3v) is 1.60. The first-order valence-corrected chi connectivity index (χ1v) is 3.93. The smallest absolute Gasteiger partial charge is 0.184 e. The summed E-state index contributed by atoms with van der Waals surface area (Å²) in [5, 5.41) is 0. The Balaban J connectivity index is 2.78. The quantitative estimate of drug-likeness (QED) is 0.554. The van der Waals surface area contributed by atoms with Crippen LogP contribution in [0.25, 0.3) is 0 Å². The molecule has 3 heteroatoms. The van der Waals surface area contributed by atoms with Gasteiger partial charge in [0.25, 0.3) is 0 Å². The van der Waals surface area contributed by atoms with Crippen molar-refractivity contribution in [3.05, 3.63) is 24.0 Å². The molecule has 2 N–H and O–H groups in total. The Kier molecular flexibility index (Phi) is 3.04. The van der Waals surface area contributed by atoms with Gasteiger partial charge in [-0.05, 0) is 12.1 Å². The molecule has 0 radical (unpaired) electrons. The maximum Gasteiger partial charge on any atom is 0.184 e. The van der Waals surface area contributed by atoms with Crippen molar-refractivity contribution in [2.75, 3.05) is 5.73 Å². The zero-order valence-corrected chi connectivity index (χ0v) is 7.16. The molecule has 0 aliphatic heterocycles. The highest BCUT2D eigenvalue weighted by Crippen LogP contribution is 2.10. The molecule has 0 saturated carbocycles. The Bertz CT molecular complexity index is 352. The molecule has 0 aliphatic rings. The van der Waals surface area contributed by atoms with Gasteiger partial charge in [-0.25, -0.2) is 0 Å². The lowest BCUT2D eigenvalue weighted by molar-refractivity contribution is 0.0980. The number of nitrogen functional groups attached to an aromatic ring is 1. The molecule has 0 spiro atoms. The average Bonchev–Trinajstić information content (AvgIpc) is 2.15. The van der Waals surface area contributed by atoms with E-state index in [1.54, 1.807) is 18.3 Å². The van der Waals surface area contributed by atoms with E-state index in [0.29, 0.717) is 24.2 Å². The van der Waals surface area contributed by atoms with E-state index in [4.69, 9.17) is 12.2 Å². The van der Waals surface area contributed by atoms with E-state index in [1.165, 1.54) is 0 Å². The normalized spacial score (nSPS) is 9.15. The fourth-order valence-electron chi connectivity index (χ4n) is 0.955. The maximum absolute atomic E-state index is 11.4. The Morgan fingerprint density at radius 2 is 2.46 bits per heavy atom. The lowest BCUT2D eigenvalue weighted by atomic mass is 10.1. The number of pyridine rings is 1. The molecule has 1 rings (SSSR count). The van der Waals surface area contributed by atoms with Crippen molar-refractivity contribution < 1.29 is 4.79 Å². The van der Waals surface area contributed by atoms with Gasteiger partial charge in [-0.3, -0.25) is 9.78 Å². The number of rotatable bonds is 3. The molecule has 66 valence electrons. The summed E-state index contributed by atoms with van der Waals surface area (Å²) >= 11 is 0. The molecule has 0 unspecified atom stereocenters. The lowest BCUT2D eigenvalue weighted by Crippen LogP contribution is -2.05. The number of nitrogens with two attached hydrogens (primary N) is 1. The number of carbonyl (C=O) groups is 1. The van der Waals surface area contributed by atoms with Gasteiger partial charge in [0.05, 0.1) is 5.69 Å². The summed E-state index contributed by atoms with van der Waals surface area (Å²) in [5.41, 5.74) is 6.28. The van der Waals surface area contributed by atoms with Gasteiger partial charge in [-0.1, -0.05) is 0 Å². The number of carbonyl (C=O) groups excluding carboxylic acids is 1. The minimum atomic E-state index is -0.101. The van der Waals surface area contributed by atoms with E-state index in [1.807, 2.05) is 0 Å². The zero-order chi connectivity index (χ0) is 9.68. The van der Waals surface area contributed by atoms with Crippen LogP contribution in [0.4, 0.5) is 5.69 Å². The second kappa shape index (κ2) is 4.27. The van der Waals surface area contributed by atoms with Crippen LogP contribution in [0, 0.1) is 12.3 Å². The Morgan fingerprint density at radius 1 is 1.69 bits per heavy atom. The van der Waals surface area contributed by atoms with Crippen LogP contribution in [0.2, 0.25) is 0 Å². The number of ketones is 1. The number of hydrogen-bond acceptors (Lipinski definition) is 3. The largest absolute Gasteiger partial charge is 0.397 e. The van der Waals surface area contributed by atoms with E-state index in [0.717, 1.165) is 0 Å². The fraction of sp³-hybridized carbons (Fsp3) is 0.200. The first-order chi connectivity index (χ1) is 6.25.